The fourth-order valence-electron chi connectivity index (χ4n) is 2.52. The number of carbonyl (C=O) groups excluding carboxylic acids is 3. The number of hydrogen-bond donors (Lipinski definition) is 1. The molecule has 5 nitrogen and oxygen atoms in total. The molecule has 0 aliphatic rings. The molecular weight excluding hydrogens is 354 g/mol. The van der Waals surface area contributed by atoms with Gasteiger partial charge < -0.3 is 10.1 Å². The standard InChI is InChI=1S/C23H25NO4/c1-17-5-7-20(8-6-17)11-14-23(27)28-16-22(26)21-12-9-19(10-13-21)4-3-15-24-18(2)25/h5-14H,3-4,15-16H2,1-2H3,(H,24,25)/b14-11+. The van der Waals surface area contributed by atoms with Gasteiger partial charge in [0.25, 0.3) is 0 Å². The molecule has 0 saturated carbocycles. The molecule has 146 valence electrons. The molecule has 5 heteroatoms. The minimum atomic E-state index is -0.552. The summed E-state index contributed by atoms with van der Waals surface area (Å²) in [6.07, 6.45) is 4.61. The molecule has 2 aromatic carbocycles. The molecule has 0 atom stereocenters. The number of aryl methyl sites for hydroxylation is 2. The number of ketones is 1. The van der Waals surface area contributed by atoms with Gasteiger partial charge in [-0.1, -0.05) is 54.1 Å². The van der Waals surface area contributed by atoms with Gasteiger partial charge in [0.05, 0.1) is 0 Å². The summed E-state index contributed by atoms with van der Waals surface area (Å²) in [5, 5.41) is 2.75. The van der Waals surface area contributed by atoms with E-state index in [4.69, 9.17) is 4.74 Å². The molecule has 0 aliphatic heterocycles. The van der Waals surface area contributed by atoms with Crippen molar-refractivity contribution in [1.82, 2.24) is 5.32 Å². The Morgan fingerprint density at radius 3 is 2.32 bits per heavy atom. The fraction of sp³-hybridized carbons (Fsp3) is 0.261. The lowest BCUT2D eigenvalue weighted by molar-refractivity contribution is -0.136. The summed E-state index contributed by atoms with van der Waals surface area (Å²) in [5.74, 6) is -0.838. The second kappa shape index (κ2) is 10.8. The van der Waals surface area contributed by atoms with Crippen LogP contribution in [0.4, 0.5) is 0 Å². The van der Waals surface area contributed by atoms with Crippen LogP contribution in [0.2, 0.25) is 0 Å². The Bertz CT molecular complexity index is 836. The smallest absolute Gasteiger partial charge is 0.331 e. The van der Waals surface area contributed by atoms with E-state index in [9.17, 15) is 14.4 Å². The van der Waals surface area contributed by atoms with E-state index in [2.05, 4.69) is 5.32 Å². The maximum atomic E-state index is 12.2. The lowest BCUT2D eigenvalue weighted by Crippen LogP contribution is -2.21. The van der Waals surface area contributed by atoms with Gasteiger partial charge in [0.15, 0.2) is 12.4 Å². The fourth-order valence-corrected chi connectivity index (χ4v) is 2.52. The van der Waals surface area contributed by atoms with Gasteiger partial charge >= 0.3 is 5.97 Å². The first-order valence-electron chi connectivity index (χ1n) is 9.22. The van der Waals surface area contributed by atoms with E-state index in [0.29, 0.717) is 12.1 Å². The van der Waals surface area contributed by atoms with Gasteiger partial charge in [-0.25, -0.2) is 4.79 Å². The average molecular weight is 379 g/mol. The van der Waals surface area contributed by atoms with Gasteiger partial charge in [0.2, 0.25) is 5.91 Å². The van der Waals surface area contributed by atoms with Crippen LogP contribution in [0, 0.1) is 6.92 Å². The van der Waals surface area contributed by atoms with Crippen LogP contribution in [-0.2, 0) is 20.7 Å². The number of hydrogen-bond acceptors (Lipinski definition) is 4. The zero-order chi connectivity index (χ0) is 20.4. The third-order valence-corrected chi connectivity index (χ3v) is 4.13. The van der Waals surface area contributed by atoms with Crippen LogP contribution in [0.25, 0.3) is 6.08 Å². The highest BCUT2D eigenvalue weighted by molar-refractivity contribution is 5.98. The van der Waals surface area contributed by atoms with E-state index in [0.717, 1.165) is 29.5 Å². The Morgan fingerprint density at radius 2 is 1.68 bits per heavy atom. The first-order valence-corrected chi connectivity index (χ1v) is 9.22. The minimum Gasteiger partial charge on any atom is -0.454 e. The van der Waals surface area contributed by atoms with E-state index in [1.165, 1.54) is 13.0 Å². The zero-order valence-corrected chi connectivity index (χ0v) is 16.2. The van der Waals surface area contributed by atoms with E-state index in [1.807, 2.05) is 43.3 Å². The lowest BCUT2D eigenvalue weighted by atomic mass is 10.1. The summed E-state index contributed by atoms with van der Waals surface area (Å²) >= 11 is 0. The van der Waals surface area contributed by atoms with Crippen molar-refractivity contribution in [1.29, 1.82) is 0 Å². The van der Waals surface area contributed by atoms with Crippen LogP contribution in [0.3, 0.4) is 0 Å². The van der Waals surface area contributed by atoms with Crippen molar-refractivity contribution < 1.29 is 19.1 Å². The predicted octanol–water partition coefficient (Wildman–Crippen LogP) is 3.50. The topological polar surface area (TPSA) is 72.5 Å². The van der Waals surface area contributed by atoms with E-state index < -0.39 is 5.97 Å². The number of ether oxygens (including phenoxy) is 1. The first kappa shape index (κ1) is 21.1. The average Bonchev–Trinajstić information content (AvgIpc) is 2.69. The molecule has 2 aromatic rings. The normalized spacial score (nSPS) is 10.6. The molecule has 1 amide bonds. The molecular formula is C23H25NO4. The van der Waals surface area contributed by atoms with Gasteiger partial charge in [-0.15, -0.1) is 0 Å². The van der Waals surface area contributed by atoms with Crippen LogP contribution in [0.1, 0.15) is 40.4 Å². The summed E-state index contributed by atoms with van der Waals surface area (Å²) < 4.78 is 5.02. The highest BCUT2D eigenvalue weighted by Crippen LogP contribution is 2.08. The molecule has 0 bridgehead atoms. The lowest BCUT2D eigenvalue weighted by Gasteiger charge is -2.05. The predicted molar refractivity (Wildman–Crippen MR) is 109 cm³/mol. The zero-order valence-electron chi connectivity index (χ0n) is 16.2. The Kier molecular flexibility index (Phi) is 8.15. The monoisotopic (exact) mass is 379 g/mol. The molecule has 0 radical (unpaired) electrons. The van der Waals surface area contributed by atoms with Crippen LogP contribution in [0.5, 0.6) is 0 Å². The molecule has 2 rings (SSSR count). The van der Waals surface area contributed by atoms with Crippen molar-refractivity contribution in [3.8, 4) is 0 Å². The summed E-state index contributed by atoms with van der Waals surface area (Å²) in [7, 11) is 0. The van der Waals surface area contributed by atoms with Gasteiger partial charge in [-0.2, -0.15) is 0 Å². The van der Waals surface area contributed by atoms with Crippen molar-refractivity contribution >= 4 is 23.7 Å². The molecule has 0 saturated heterocycles. The van der Waals surface area contributed by atoms with Crippen LogP contribution >= 0.6 is 0 Å². The first-order chi connectivity index (χ1) is 13.4. The maximum Gasteiger partial charge on any atom is 0.331 e. The number of amides is 1. The van der Waals surface area contributed by atoms with Crippen LogP contribution in [-0.4, -0.2) is 30.8 Å². The maximum absolute atomic E-state index is 12.2. The molecule has 0 fully saturated rings. The van der Waals surface area contributed by atoms with Crippen LogP contribution < -0.4 is 5.32 Å². The van der Waals surface area contributed by atoms with E-state index in [-0.39, 0.29) is 18.3 Å². The summed E-state index contributed by atoms with van der Waals surface area (Å²) in [4.78, 5) is 34.8. The summed E-state index contributed by atoms with van der Waals surface area (Å²) in [6, 6.07) is 14.9. The highest BCUT2D eigenvalue weighted by atomic mass is 16.5. The second-order valence-electron chi connectivity index (χ2n) is 6.56. The molecule has 0 unspecified atom stereocenters. The summed E-state index contributed by atoms with van der Waals surface area (Å²) in [5.41, 5.74) is 3.62. The Hall–Kier alpha value is -3.21. The minimum absolute atomic E-state index is 0.0378. The highest BCUT2D eigenvalue weighted by Gasteiger charge is 2.08. The van der Waals surface area contributed by atoms with Gasteiger partial charge in [0, 0.05) is 25.1 Å². The Morgan fingerprint density at radius 1 is 1.00 bits per heavy atom. The number of Topliss-reactive ketones (excluding diaryl/α,β-unsaturated/α-hetero) is 1. The quantitative estimate of drug-likeness (QED) is 0.313. The second-order valence-corrected chi connectivity index (χ2v) is 6.56. The number of nitrogens with one attached hydrogen (secondary N) is 1. The summed E-state index contributed by atoms with van der Waals surface area (Å²) in [6.45, 7) is 3.82. The molecule has 0 aliphatic carbocycles. The third-order valence-electron chi connectivity index (χ3n) is 4.13. The SMILES string of the molecule is CC(=O)NCCCc1ccc(C(=O)COC(=O)/C=C/c2ccc(C)cc2)cc1. The van der Waals surface area contributed by atoms with E-state index >= 15 is 0 Å². The van der Waals surface area contributed by atoms with Crippen LogP contribution in [0.15, 0.2) is 54.6 Å². The van der Waals surface area contributed by atoms with Crippen molar-refractivity contribution in [3.05, 3.63) is 76.9 Å². The van der Waals surface area contributed by atoms with E-state index in [1.54, 1.807) is 18.2 Å². The van der Waals surface area contributed by atoms with Crippen molar-refractivity contribution in [2.45, 2.75) is 26.7 Å². The van der Waals surface area contributed by atoms with Gasteiger partial charge in [-0.05, 0) is 37.0 Å². The number of carbonyl (C=O) groups is 3. The number of benzene rings is 2. The molecule has 28 heavy (non-hydrogen) atoms. The number of esters is 1. The molecule has 0 heterocycles. The van der Waals surface area contributed by atoms with Gasteiger partial charge in [-0.3, -0.25) is 9.59 Å². The van der Waals surface area contributed by atoms with Crippen molar-refractivity contribution in [2.24, 2.45) is 0 Å². The van der Waals surface area contributed by atoms with Crippen molar-refractivity contribution in [3.63, 3.8) is 0 Å². The Balaban J connectivity index is 1.76. The molecule has 0 aromatic heterocycles. The Labute approximate surface area is 165 Å². The van der Waals surface area contributed by atoms with Gasteiger partial charge in [0.1, 0.15) is 0 Å². The third kappa shape index (κ3) is 7.58. The van der Waals surface area contributed by atoms with Crippen molar-refractivity contribution in [2.75, 3.05) is 13.2 Å². The number of rotatable bonds is 9. The molecule has 0 spiro atoms. The largest absolute Gasteiger partial charge is 0.454 e. The molecule has 1 N–H and O–H groups in total.